The van der Waals surface area contributed by atoms with Crippen LogP contribution in [0.4, 0.5) is 4.39 Å². The molecule has 1 heterocycles. The molecule has 0 aromatic carbocycles. The van der Waals surface area contributed by atoms with E-state index in [0.717, 1.165) is 0 Å². The van der Waals surface area contributed by atoms with Crippen LogP contribution >= 0.6 is 0 Å². The molecule has 2 rings (SSSR count). The monoisotopic (exact) mass is 172 g/mol. The summed E-state index contributed by atoms with van der Waals surface area (Å²) < 4.78 is 18.4. The van der Waals surface area contributed by atoms with Crippen LogP contribution in [0.3, 0.4) is 0 Å². The first-order valence-electron chi connectivity index (χ1n) is 4.38. The fourth-order valence-electron chi connectivity index (χ4n) is 2.05. The van der Waals surface area contributed by atoms with Crippen molar-refractivity contribution >= 4 is 5.78 Å². The van der Waals surface area contributed by atoms with Gasteiger partial charge in [-0.3, -0.25) is 4.79 Å². The minimum absolute atomic E-state index is 0.178. The van der Waals surface area contributed by atoms with Gasteiger partial charge in [-0.25, -0.2) is 4.39 Å². The lowest BCUT2D eigenvalue weighted by atomic mass is 9.72. The van der Waals surface area contributed by atoms with Crippen LogP contribution in [0.5, 0.6) is 0 Å². The van der Waals surface area contributed by atoms with Crippen LogP contribution < -0.4 is 0 Å². The van der Waals surface area contributed by atoms with E-state index in [-0.39, 0.29) is 29.6 Å². The average Bonchev–Trinajstić information content (AvgIpc) is 2.79. The Hall–Kier alpha value is -0.440. The summed E-state index contributed by atoms with van der Waals surface area (Å²) in [6.45, 7) is 4.40. The molecule has 1 saturated heterocycles. The number of Topliss-reactive ketones (excluding diaryl/α,β-unsaturated/α-hetero) is 1. The maximum absolute atomic E-state index is 13.1. The molecule has 0 N–H and O–H groups in total. The first-order valence-corrected chi connectivity index (χ1v) is 4.38. The Kier molecular flexibility index (Phi) is 1.55. The van der Waals surface area contributed by atoms with Gasteiger partial charge in [0.2, 0.25) is 0 Å². The summed E-state index contributed by atoms with van der Waals surface area (Å²) in [5.41, 5.74) is -0.285. The summed E-state index contributed by atoms with van der Waals surface area (Å²) in [4.78, 5) is 11.2. The van der Waals surface area contributed by atoms with E-state index in [1.807, 2.05) is 6.92 Å². The van der Waals surface area contributed by atoms with Crippen molar-refractivity contribution in [2.45, 2.75) is 32.0 Å². The number of carbonyl (C=O) groups excluding carboxylic acids is 1. The Bertz CT molecular complexity index is 223. The maximum Gasteiger partial charge on any atom is 0.170 e. The van der Waals surface area contributed by atoms with Crippen LogP contribution in [0.1, 0.15) is 20.3 Å². The molecule has 3 heteroatoms. The van der Waals surface area contributed by atoms with Gasteiger partial charge in [-0.2, -0.15) is 0 Å². The third kappa shape index (κ3) is 0.922. The van der Waals surface area contributed by atoms with Gasteiger partial charge in [0.15, 0.2) is 12.0 Å². The highest BCUT2D eigenvalue weighted by Gasteiger charge is 2.58. The van der Waals surface area contributed by atoms with E-state index in [1.165, 1.54) is 0 Å². The highest BCUT2D eigenvalue weighted by Crippen LogP contribution is 2.47. The Labute approximate surface area is 71.1 Å². The molecule has 1 saturated carbocycles. The number of epoxide rings is 1. The van der Waals surface area contributed by atoms with Crippen molar-refractivity contribution in [1.82, 2.24) is 0 Å². The summed E-state index contributed by atoms with van der Waals surface area (Å²) in [7, 11) is 0. The van der Waals surface area contributed by atoms with Crippen LogP contribution in [-0.4, -0.2) is 24.2 Å². The number of hydrogen-bond donors (Lipinski definition) is 0. The third-order valence-electron chi connectivity index (χ3n) is 3.38. The van der Waals surface area contributed by atoms with Crippen molar-refractivity contribution in [3.8, 4) is 0 Å². The molecule has 1 spiro atoms. The Morgan fingerprint density at radius 3 is 2.67 bits per heavy atom. The van der Waals surface area contributed by atoms with E-state index in [0.29, 0.717) is 6.61 Å². The molecule has 0 aromatic heterocycles. The molecule has 12 heavy (non-hydrogen) atoms. The van der Waals surface area contributed by atoms with E-state index >= 15 is 0 Å². The van der Waals surface area contributed by atoms with Gasteiger partial charge >= 0.3 is 0 Å². The zero-order valence-electron chi connectivity index (χ0n) is 7.34. The topological polar surface area (TPSA) is 29.6 Å². The van der Waals surface area contributed by atoms with Crippen LogP contribution in [0.15, 0.2) is 0 Å². The van der Waals surface area contributed by atoms with E-state index in [4.69, 9.17) is 4.74 Å². The van der Waals surface area contributed by atoms with Crippen LogP contribution in [-0.2, 0) is 9.53 Å². The molecule has 68 valence electrons. The molecule has 4 unspecified atom stereocenters. The van der Waals surface area contributed by atoms with Crippen LogP contribution in [0, 0.1) is 11.8 Å². The maximum atomic E-state index is 13.1. The second-order valence-corrected chi connectivity index (χ2v) is 4.00. The van der Waals surface area contributed by atoms with Crippen molar-refractivity contribution in [3.63, 3.8) is 0 Å². The smallest absolute Gasteiger partial charge is 0.170 e. The Morgan fingerprint density at radius 1 is 1.58 bits per heavy atom. The van der Waals surface area contributed by atoms with E-state index in [9.17, 15) is 9.18 Å². The lowest BCUT2D eigenvalue weighted by molar-refractivity contribution is -0.134. The molecular formula is C9H13FO2. The summed E-state index contributed by atoms with van der Waals surface area (Å²) >= 11 is 0. The van der Waals surface area contributed by atoms with Crippen LogP contribution in [0.25, 0.3) is 0 Å². The molecule has 0 bridgehead atoms. The van der Waals surface area contributed by atoms with Crippen molar-refractivity contribution < 1.29 is 13.9 Å². The fourth-order valence-corrected chi connectivity index (χ4v) is 2.05. The second-order valence-electron chi connectivity index (χ2n) is 4.00. The van der Waals surface area contributed by atoms with Gasteiger partial charge in [0, 0.05) is 12.3 Å². The summed E-state index contributed by atoms with van der Waals surface area (Å²) in [6.07, 6.45) is -1.02. The largest absolute Gasteiger partial charge is 0.369 e. The number of ketones is 1. The average molecular weight is 172 g/mol. The predicted octanol–water partition coefficient (Wildman–Crippen LogP) is 1.34. The number of hydrogen-bond acceptors (Lipinski definition) is 2. The molecule has 4 atom stereocenters. The van der Waals surface area contributed by atoms with Gasteiger partial charge in [-0.1, -0.05) is 13.8 Å². The number of rotatable bonds is 0. The minimum Gasteiger partial charge on any atom is -0.369 e. The van der Waals surface area contributed by atoms with Crippen molar-refractivity contribution in [3.05, 3.63) is 0 Å². The molecular weight excluding hydrogens is 159 g/mol. The summed E-state index contributed by atoms with van der Waals surface area (Å²) in [5.74, 6) is -0.253. The molecule has 2 nitrogen and oxygen atoms in total. The van der Waals surface area contributed by atoms with Gasteiger partial charge < -0.3 is 4.74 Å². The number of halogens is 1. The molecule has 2 fully saturated rings. The standard InChI is InChI=1S/C9H13FO2/c1-5-6(2)9(4-12-9)3-7(10)8(5)11/h5-7H,3-4H2,1-2H3. The highest BCUT2D eigenvalue weighted by molar-refractivity contribution is 5.86. The van der Waals surface area contributed by atoms with Gasteiger partial charge in [-0.05, 0) is 5.92 Å². The normalized spacial score (nSPS) is 52.9. The van der Waals surface area contributed by atoms with E-state index in [2.05, 4.69) is 0 Å². The Morgan fingerprint density at radius 2 is 2.17 bits per heavy atom. The zero-order chi connectivity index (χ0) is 8.93. The number of carbonyl (C=O) groups is 1. The van der Waals surface area contributed by atoms with E-state index in [1.54, 1.807) is 6.92 Å². The lowest BCUT2D eigenvalue weighted by Crippen LogP contribution is -2.44. The second kappa shape index (κ2) is 2.28. The predicted molar refractivity (Wildman–Crippen MR) is 41.5 cm³/mol. The third-order valence-corrected chi connectivity index (χ3v) is 3.38. The number of ether oxygens (including phenoxy) is 1. The summed E-state index contributed by atoms with van der Waals surface area (Å²) in [5, 5.41) is 0. The first-order chi connectivity index (χ1) is 5.57. The van der Waals surface area contributed by atoms with Crippen molar-refractivity contribution in [1.29, 1.82) is 0 Å². The van der Waals surface area contributed by atoms with Gasteiger partial charge in [-0.15, -0.1) is 0 Å². The van der Waals surface area contributed by atoms with Gasteiger partial charge in [0.1, 0.15) is 0 Å². The van der Waals surface area contributed by atoms with Crippen LogP contribution in [0.2, 0.25) is 0 Å². The molecule has 2 aliphatic rings. The molecule has 0 aromatic rings. The first kappa shape index (κ1) is 8.17. The SMILES string of the molecule is CC1C(=O)C(F)CC2(CO2)C1C. The Balaban J connectivity index is 2.20. The fraction of sp³-hybridized carbons (Fsp3) is 0.889. The molecule has 0 amide bonds. The number of alkyl halides is 1. The molecule has 1 aliphatic carbocycles. The quantitative estimate of drug-likeness (QED) is 0.516. The van der Waals surface area contributed by atoms with Crippen molar-refractivity contribution in [2.75, 3.05) is 6.61 Å². The lowest BCUT2D eigenvalue weighted by Gasteiger charge is -2.32. The highest BCUT2D eigenvalue weighted by atomic mass is 19.1. The molecule has 0 radical (unpaired) electrons. The van der Waals surface area contributed by atoms with Crippen molar-refractivity contribution in [2.24, 2.45) is 11.8 Å². The zero-order valence-corrected chi connectivity index (χ0v) is 7.34. The van der Waals surface area contributed by atoms with E-state index < -0.39 is 6.17 Å². The summed E-state index contributed by atoms with van der Waals surface area (Å²) in [6, 6.07) is 0. The minimum atomic E-state index is -1.29. The molecule has 1 aliphatic heterocycles. The van der Waals surface area contributed by atoms with Gasteiger partial charge in [0.05, 0.1) is 12.2 Å². The van der Waals surface area contributed by atoms with Gasteiger partial charge in [0.25, 0.3) is 0 Å².